The molecule has 0 aliphatic rings. The average molecular weight is 286 g/mol. The lowest BCUT2D eigenvalue weighted by atomic mass is 10.2. The van der Waals surface area contributed by atoms with E-state index in [9.17, 15) is 8.42 Å². The van der Waals surface area contributed by atoms with Crippen molar-refractivity contribution < 1.29 is 12.8 Å². The molecule has 18 heavy (non-hydrogen) atoms. The van der Waals surface area contributed by atoms with Crippen LogP contribution in [0.5, 0.6) is 0 Å². The summed E-state index contributed by atoms with van der Waals surface area (Å²) in [6, 6.07) is 8.59. The summed E-state index contributed by atoms with van der Waals surface area (Å²) in [7, 11) is -3.41. The van der Waals surface area contributed by atoms with E-state index in [1.165, 1.54) is 12.5 Å². The van der Waals surface area contributed by atoms with Crippen molar-refractivity contribution in [1.29, 1.82) is 0 Å². The minimum Gasteiger partial charge on any atom is -0.472 e. The van der Waals surface area contributed by atoms with Crippen molar-refractivity contribution in [1.82, 2.24) is 4.72 Å². The quantitative estimate of drug-likeness (QED) is 0.918. The zero-order chi connectivity index (χ0) is 13.0. The van der Waals surface area contributed by atoms with Crippen LogP contribution in [0.3, 0.4) is 0 Å². The topological polar surface area (TPSA) is 59.3 Å². The molecule has 4 nitrogen and oxygen atoms in total. The number of halogens is 1. The van der Waals surface area contributed by atoms with Crippen LogP contribution in [0.1, 0.15) is 11.1 Å². The number of sulfonamides is 1. The SMILES string of the molecule is O=S(=O)(Cc1ccccc1Cl)NCc1ccoc1. The maximum atomic E-state index is 11.8. The highest BCUT2D eigenvalue weighted by Crippen LogP contribution is 2.17. The maximum Gasteiger partial charge on any atom is 0.216 e. The van der Waals surface area contributed by atoms with Crippen LogP contribution >= 0.6 is 11.6 Å². The van der Waals surface area contributed by atoms with Crippen LogP contribution in [0.15, 0.2) is 47.3 Å². The van der Waals surface area contributed by atoms with Gasteiger partial charge in [0.15, 0.2) is 0 Å². The highest BCUT2D eigenvalue weighted by atomic mass is 35.5. The van der Waals surface area contributed by atoms with Gasteiger partial charge >= 0.3 is 0 Å². The predicted molar refractivity (Wildman–Crippen MR) is 69.6 cm³/mol. The van der Waals surface area contributed by atoms with Gasteiger partial charge in [0, 0.05) is 17.1 Å². The molecule has 0 fully saturated rings. The molecule has 0 aliphatic carbocycles. The van der Waals surface area contributed by atoms with Gasteiger partial charge in [0.05, 0.1) is 18.3 Å². The zero-order valence-corrected chi connectivity index (χ0v) is 11.0. The predicted octanol–water partition coefficient (Wildman–Crippen LogP) is 2.55. The van der Waals surface area contributed by atoms with Crippen LogP contribution in [0.4, 0.5) is 0 Å². The normalized spacial score (nSPS) is 11.6. The third-order valence-corrected chi connectivity index (χ3v) is 4.02. The molecule has 0 aliphatic heterocycles. The number of rotatable bonds is 5. The van der Waals surface area contributed by atoms with Crippen LogP contribution in [-0.2, 0) is 22.3 Å². The fourth-order valence-electron chi connectivity index (χ4n) is 1.46. The molecule has 0 saturated heterocycles. The van der Waals surface area contributed by atoms with Gasteiger partial charge in [-0.15, -0.1) is 0 Å². The smallest absolute Gasteiger partial charge is 0.216 e. The third kappa shape index (κ3) is 3.60. The summed E-state index contributed by atoms with van der Waals surface area (Å²) in [6.07, 6.45) is 3.00. The summed E-state index contributed by atoms with van der Waals surface area (Å²) in [5, 5.41) is 0.450. The molecule has 0 saturated carbocycles. The molecule has 1 aromatic heterocycles. The molecule has 0 unspecified atom stereocenters. The molecule has 1 heterocycles. The Bertz CT molecular complexity index is 608. The number of furan rings is 1. The molecule has 0 bridgehead atoms. The molecule has 0 atom stereocenters. The van der Waals surface area contributed by atoms with E-state index < -0.39 is 10.0 Å². The van der Waals surface area contributed by atoms with Crippen LogP contribution in [0.2, 0.25) is 5.02 Å². The monoisotopic (exact) mass is 285 g/mol. The van der Waals surface area contributed by atoms with Crippen molar-refractivity contribution in [2.75, 3.05) is 0 Å². The van der Waals surface area contributed by atoms with Crippen molar-refractivity contribution >= 4 is 21.6 Å². The lowest BCUT2D eigenvalue weighted by molar-refractivity contribution is 0.561. The molecule has 1 aromatic carbocycles. The molecule has 0 radical (unpaired) electrons. The van der Waals surface area contributed by atoms with Gasteiger partial charge in [0.2, 0.25) is 10.0 Å². The van der Waals surface area contributed by atoms with E-state index in [-0.39, 0.29) is 12.3 Å². The van der Waals surface area contributed by atoms with E-state index >= 15 is 0 Å². The second-order valence-corrected chi connectivity index (χ2v) is 6.02. The molecule has 96 valence electrons. The molecule has 0 amide bonds. The van der Waals surface area contributed by atoms with Crippen molar-refractivity contribution in [3.63, 3.8) is 0 Å². The molecule has 6 heteroatoms. The first-order valence-electron chi connectivity index (χ1n) is 5.29. The molecular formula is C12H12ClNO3S. The summed E-state index contributed by atoms with van der Waals surface area (Å²) in [6.45, 7) is 0.212. The zero-order valence-electron chi connectivity index (χ0n) is 9.47. The number of nitrogens with one attached hydrogen (secondary N) is 1. The molecule has 2 rings (SSSR count). The lowest BCUT2D eigenvalue weighted by Crippen LogP contribution is -2.24. The molecule has 1 N–H and O–H groups in total. The molecular weight excluding hydrogens is 274 g/mol. The largest absolute Gasteiger partial charge is 0.472 e. The highest BCUT2D eigenvalue weighted by molar-refractivity contribution is 7.88. The summed E-state index contributed by atoms with van der Waals surface area (Å²) in [5.41, 5.74) is 1.36. The van der Waals surface area contributed by atoms with Gasteiger partial charge in [-0.1, -0.05) is 29.8 Å². The van der Waals surface area contributed by atoms with Gasteiger partial charge in [0.1, 0.15) is 0 Å². The average Bonchev–Trinajstić information content (AvgIpc) is 2.83. The Hall–Kier alpha value is -1.30. The van der Waals surface area contributed by atoms with Gasteiger partial charge in [0.25, 0.3) is 0 Å². The summed E-state index contributed by atoms with van der Waals surface area (Å²) >= 11 is 5.92. The molecule has 0 spiro atoms. The van der Waals surface area contributed by atoms with Crippen molar-refractivity contribution in [2.24, 2.45) is 0 Å². The van der Waals surface area contributed by atoms with E-state index in [2.05, 4.69) is 4.72 Å². The molecule has 2 aromatic rings. The van der Waals surface area contributed by atoms with E-state index in [1.54, 1.807) is 30.3 Å². The fraction of sp³-hybridized carbons (Fsp3) is 0.167. The summed E-state index contributed by atoms with van der Waals surface area (Å²) in [5.74, 6) is -0.134. The van der Waals surface area contributed by atoms with Gasteiger partial charge in [-0.2, -0.15) is 0 Å². The Labute approximate surface area is 111 Å². The third-order valence-electron chi connectivity index (χ3n) is 2.38. The van der Waals surface area contributed by atoms with Gasteiger partial charge in [-0.05, 0) is 17.7 Å². The standard InChI is InChI=1S/C12H12ClNO3S/c13-12-4-2-1-3-11(12)9-18(15,16)14-7-10-5-6-17-8-10/h1-6,8,14H,7,9H2. The minimum atomic E-state index is -3.41. The van der Waals surface area contributed by atoms with Gasteiger partial charge in [-0.25, -0.2) is 13.1 Å². The first kappa shape index (κ1) is 13.1. The van der Waals surface area contributed by atoms with Crippen molar-refractivity contribution in [3.8, 4) is 0 Å². The number of hydrogen-bond acceptors (Lipinski definition) is 3. The first-order chi connectivity index (χ1) is 8.57. The van der Waals surface area contributed by atoms with Gasteiger partial charge in [-0.3, -0.25) is 0 Å². The Balaban J connectivity index is 2.02. The van der Waals surface area contributed by atoms with Crippen LogP contribution in [0, 0.1) is 0 Å². The van der Waals surface area contributed by atoms with Crippen LogP contribution < -0.4 is 4.72 Å². The second-order valence-electron chi connectivity index (χ2n) is 3.80. The Morgan fingerprint density at radius 1 is 1.22 bits per heavy atom. The number of hydrogen-bond donors (Lipinski definition) is 1. The fourth-order valence-corrected chi connectivity index (χ4v) is 2.89. The maximum absolute atomic E-state index is 11.8. The lowest BCUT2D eigenvalue weighted by Gasteiger charge is -2.06. The Morgan fingerprint density at radius 3 is 2.67 bits per heavy atom. The van der Waals surface area contributed by atoms with E-state index in [0.29, 0.717) is 10.6 Å². The second kappa shape index (κ2) is 5.56. The van der Waals surface area contributed by atoms with E-state index in [1.807, 2.05) is 0 Å². The summed E-state index contributed by atoms with van der Waals surface area (Å²) < 4.78 is 31.0. The van der Waals surface area contributed by atoms with E-state index in [0.717, 1.165) is 5.56 Å². The van der Waals surface area contributed by atoms with Crippen LogP contribution in [0.25, 0.3) is 0 Å². The first-order valence-corrected chi connectivity index (χ1v) is 7.32. The minimum absolute atomic E-state index is 0.134. The highest BCUT2D eigenvalue weighted by Gasteiger charge is 2.13. The summed E-state index contributed by atoms with van der Waals surface area (Å²) in [4.78, 5) is 0. The number of benzene rings is 1. The van der Waals surface area contributed by atoms with E-state index in [4.69, 9.17) is 16.0 Å². The van der Waals surface area contributed by atoms with Crippen molar-refractivity contribution in [3.05, 3.63) is 59.0 Å². The van der Waals surface area contributed by atoms with Crippen LogP contribution in [-0.4, -0.2) is 8.42 Å². The van der Waals surface area contributed by atoms with Crippen molar-refractivity contribution in [2.45, 2.75) is 12.3 Å². The Kier molecular flexibility index (Phi) is 4.06. The van der Waals surface area contributed by atoms with Gasteiger partial charge < -0.3 is 4.42 Å². The Morgan fingerprint density at radius 2 is 2.00 bits per heavy atom.